The fraction of sp³-hybridized carbons (Fsp3) is 0.571. The average Bonchev–Trinajstić information content (AvgIpc) is 2.69. The van der Waals surface area contributed by atoms with E-state index in [4.69, 9.17) is 16.7 Å². The van der Waals surface area contributed by atoms with Crippen LogP contribution in [0.15, 0.2) is 41.3 Å². The lowest BCUT2D eigenvalue weighted by molar-refractivity contribution is -0.131. The first-order chi connectivity index (χ1) is 13.9. The number of carboxylic acids is 1. The molecule has 4 atom stereocenters. The summed E-state index contributed by atoms with van der Waals surface area (Å²) in [5.41, 5.74) is 0. The fourth-order valence-electron chi connectivity index (χ4n) is 5.61. The number of benzene rings is 1. The summed E-state index contributed by atoms with van der Waals surface area (Å²) in [5, 5.41) is 9.23. The van der Waals surface area contributed by atoms with E-state index in [1.165, 1.54) is 0 Å². The van der Waals surface area contributed by atoms with Crippen LogP contribution in [0, 0.1) is 11.8 Å². The zero-order valence-electron chi connectivity index (χ0n) is 16.3. The van der Waals surface area contributed by atoms with E-state index >= 15 is 0 Å². The number of piperidine rings is 3. The van der Waals surface area contributed by atoms with Crippen molar-refractivity contribution in [3.63, 3.8) is 0 Å². The molecule has 0 radical (unpaired) electrons. The Bertz CT molecular complexity index is 902. The van der Waals surface area contributed by atoms with Crippen molar-refractivity contribution >= 4 is 27.6 Å². The topological polar surface area (TPSA) is 77.9 Å². The van der Waals surface area contributed by atoms with Crippen molar-refractivity contribution in [1.29, 1.82) is 0 Å². The van der Waals surface area contributed by atoms with Crippen LogP contribution < -0.4 is 0 Å². The van der Waals surface area contributed by atoms with E-state index < -0.39 is 16.0 Å². The molecule has 3 aliphatic rings. The van der Waals surface area contributed by atoms with Crippen LogP contribution in [-0.2, 0) is 14.8 Å². The molecule has 0 aromatic heterocycles. The number of sulfonamides is 1. The highest BCUT2D eigenvalue weighted by Crippen LogP contribution is 2.45. The second-order valence-corrected chi connectivity index (χ2v) is 10.5. The van der Waals surface area contributed by atoms with Gasteiger partial charge in [-0.15, -0.1) is 0 Å². The van der Waals surface area contributed by atoms with Crippen LogP contribution in [0.5, 0.6) is 0 Å². The molecule has 8 heteroatoms. The Morgan fingerprint density at radius 3 is 2.66 bits per heavy atom. The minimum Gasteiger partial charge on any atom is -0.478 e. The van der Waals surface area contributed by atoms with E-state index in [9.17, 15) is 13.2 Å². The van der Waals surface area contributed by atoms with E-state index in [-0.39, 0.29) is 21.9 Å². The third-order valence-corrected chi connectivity index (χ3v) is 9.08. The van der Waals surface area contributed by atoms with Crippen LogP contribution in [0.1, 0.15) is 32.1 Å². The number of aliphatic carboxylic acids is 1. The van der Waals surface area contributed by atoms with Crippen molar-refractivity contribution in [3.05, 3.63) is 41.4 Å². The van der Waals surface area contributed by atoms with Crippen LogP contribution in [-0.4, -0.2) is 60.4 Å². The van der Waals surface area contributed by atoms with E-state index in [1.807, 2.05) is 0 Å². The number of carboxylic acid groups (broad SMARTS) is 1. The molecular formula is C21H27ClN2O4S. The van der Waals surface area contributed by atoms with Gasteiger partial charge in [0.1, 0.15) is 4.90 Å². The van der Waals surface area contributed by atoms with Crippen molar-refractivity contribution in [3.8, 4) is 0 Å². The second-order valence-electron chi connectivity index (χ2n) is 8.28. The maximum absolute atomic E-state index is 13.6. The first-order valence-electron chi connectivity index (χ1n) is 10.3. The molecule has 0 bridgehead atoms. The van der Waals surface area contributed by atoms with Gasteiger partial charge in [0.25, 0.3) is 0 Å². The summed E-state index contributed by atoms with van der Waals surface area (Å²) in [6.07, 6.45) is 7.27. The molecule has 1 aromatic rings. The quantitative estimate of drug-likeness (QED) is 0.714. The van der Waals surface area contributed by atoms with Crippen molar-refractivity contribution in [2.45, 2.75) is 49.1 Å². The van der Waals surface area contributed by atoms with Crippen LogP contribution in [0.3, 0.4) is 0 Å². The van der Waals surface area contributed by atoms with Crippen molar-refractivity contribution in [2.24, 2.45) is 11.8 Å². The Balaban J connectivity index is 1.73. The first-order valence-corrected chi connectivity index (χ1v) is 12.1. The van der Waals surface area contributed by atoms with Gasteiger partial charge >= 0.3 is 5.97 Å². The summed E-state index contributed by atoms with van der Waals surface area (Å²) in [5.74, 6) is -0.494. The first kappa shape index (κ1) is 20.8. The van der Waals surface area contributed by atoms with Crippen LogP contribution in [0.2, 0.25) is 5.02 Å². The number of halogens is 1. The number of hydrogen-bond acceptors (Lipinski definition) is 4. The molecule has 0 spiro atoms. The lowest BCUT2D eigenvalue weighted by atomic mass is 9.70. The van der Waals surface area contributed by atoms with Gasteiger partial charge in [-0.05, 0) is 69.2 Å². The van der Waals surface area contributed by atoms with Crippen molar-refractivity contribution < 1.29 is 18.3 Å². The van der Waals surface area contributed by atoms with Gasteiger partial charge in [0.2, 0.25) is 10.0 Å². The summed E-state index contributed by atoms with van der Waals surface area (Å²) >= 11 is 6.26. The molecule has 3 heterocycles. The second kappa shape index (κ2) is 8.38. The van der Waals surface area contributed by atoms with E-state index in [2.05, 4.69) is 4.90 Å². The third-order valence-electron chi connectivity index (χ3n) is 6.69. The summed E-state index contributed by atoms with van der Waals surface area (Å²) in [6.45, 7) is 2.62. The predicted molar refractivity (Wildman–Crippen MR) is 111 cm³/mol. The molecule has 4 rings (SSSR count). The normalized spacial score (nSPS) is 30.9. The van der Waals surface area contributed by atoms with E-state index in [0.717, 1.165) is 44.8 Å². The summed E-state index contributed by atoms with van der Waals surface area (Å²) in [7, 11) is -3.78. The predicted octanol–water partition coefficient (Wildman–Crippen LogP) is 3.23. The largest absolute Gasteiger partial charge is 0.478 e. The number of rotatable bonds is 5. The standard InChI is InChI=1S/C21H27ClN2O4S/c22-17-8-1-2-10-19(17)29(27,28)24-14-15-6-4-12-23-13-5-7-16(21(15)23)18(24)9-3-11-20(25)26/h1-3,8,10-11,15-16,18,21H,4-7,9,12-14H2,(H,25,26)/b11-3+/t15-,16+,18+,21-/m0/s1. The Morgan fingerprint density at radius 2 is 1.93 bits per heavy atom. The molecule has 1 aromatic carbocycles. The Morgan fingerprint density at radius 1 is 1.21 bits per heavy atom. The maximum Gasteiger partial charge on any atom is 0.327 e. The van der Waals surface area contributed by atoms with Crippen LogP contribution in [0.25, 0.3) is 0 Å². The van der Waals surface area contributed by atoms with Gasteiger partial charge in [-0.3, -0.25) is 4.90 Å². The zero-order valence-corrected chi connectivity index (χ0v) is 17.9. The van der Waals surface area contributed by atoms with Gasteiger partial charge in [-0.2, -0.15) is 4.31 Å². The van der Waals surface area contributed by atoms with Gasteiger partial charge in [0.15, 0.2) is 0 Å². The Kier molecular flexibility index (Phi) is 6.02. The lowest BCUT2D eigenvalue weighted by Crippen LogP contribution is -2.65. The van der Waals surface area contributed by atoms with Crippen molar-refractivity contribution in [2.75, 3.05) is 19.6 Å². The smallest absolute Gasteiger partial charge is 0.327 e. The van der Waals surface area contributed by atoms with Gasteiger partial charge in [0.05, 0.1) is 5.02 Å². The zero-order chi connectivity index (χ0) is 20.6. The Labute approximate surface area is 177 Å². The SMILES string of the molecule is O=C(O)/C=C/C[C@@H]1[C@H]2CCCN3CCC[C@@H](CN1S(=O)(=O)c1ccccc1Cl)[C@@H]23. The lowest BCUT2D eigenvalue weighted by Gasteiger charge is -2.56. The molecule has 3 aliphatic heterocycles. The van der Waals surface area contributed by atoms with Gasteiger partial charge in [0, 0.05) is 24.7 Å². The van der Waals surface area contributed by atoms with Gasteiger partial charge in [-0.25, -0.2) is 13.2 Å². The summed E-state index contributed by atoms with van der Waals surface area (Å²) in [6, 6.07) is 6.70. The third kappa shape index (κ3) is 3.98. The minimum absolute atomic E-state index is 0.135. The molecule has 3 fully saturated rings. The Hall–Kier alpha value is -1.41. The van der Waals surface area contributed by atoms with Gasteiger partial charge < -0.3 is 5.11 Å². The molecular weight excluding hydrogens is 412 g/mol. The number of nitrogens with zero attached hydrogens (tertiary/aromatic N) is 2. The van der Waals surface area contributed by atoms with E-state index in [1.54, 1.807) is 34.6 Å². The summed E-state index contributed by atoms with van der Waals surface area (Å²) in [4.78, 5) is 13.7. The highest BCUT2D eigenvalue weighted by Gasteiger charge is 2.51. The highest BCUT2D eigenvalue weighted by atomic mass is 35.5. The molecule has 0 aliphatic carbocycles. The molecule has 29 heavy (non-hydrogen) atoms. The number of hydrogen-bond donors (Lipinski definition) is 1. The molecule has 158 valence electrons. The molecule has 1 N–H and O–H groups in total. The monoisotopic (exact) mass is 438 g/mol. The van der Waals surface area contributed by atoms with Crippen LogP contribution in [0.4, 0.5) is 0 Å². The fourth-order valence-corrected chi connectivity index (χ4v) is 7.85. The average molecular weight is 439 g/mol. The number of carbonyl (C=O) groups is 1. The maximum atomic E-state index is 13.6. The van der Waals surface area contributed by atoms with E-state index in [0.29, 0.717) is 24.9 Å². The molecule has 0 unspecified atom stereocenters. The van der Waals surface area contributed by atoms with Crippen LogP contribution >= 0.6 is 11.6 Å². The molecule has 6 nitrogen and oxygen atoms in total. The highest BCUT2D eigenvalue weighted by molar-refractivity contribution is 7.89. The molecule has 0 saturated carbocycles. The minimum atomic E-state index is -3.78. The summed E-state index contributed by atoms with van der Waals surface area (Å²) < 4.78 is 28.9. The molecule has 3 saturated heterocycles. The van der Waals surface area contributed by atoms with Gasteiger partial charge in [-0.1, -0.05) is 29.8 Å². The van der Waals surface area contributed by atoms with Crippen molar-refractivity contribution in [1.82, 2.24) is 9.21 Å². The molecule has 0 amide bonds.